The van der Waals surface area contributed by atoms with Crippen molar-refractivity contribution in [2.24, 2.45) is 0 Å². The lowest BCUT2D eigenvalue weighted by Gasteiger charge is -2.19. The van der Waals surface area contributed by atoms with Gasteiger partial charge in [-0.3, -0.25) is 4.79 Å². The minimum atomic E-state index is 0.0336. The number of likely N-dealkylation sites (N-methyl/N-ethyl adjacent to an activating group) is 1. The van der Waals surface area contributed by atoms with Gasteiger partial charge in [-0.25, -0.2) is 0 Å². The number of benzene rings is 2. The van der Waals surface area contributed by atoms with E-state index in [1.165, 1.54) is 0 Å². The zero-order valence-electron chi connectivity index (χ0n) is 15.1. The number of para-hydroxylation sites is 1. The van der Waals surface area contributed by atoms with Crippen LogP contribution in [0.4, 0.5) is 5.69 Å². The second-order valence-corrected chi connectivity index (χ2v) is 5.78. The molecular formula is C20H26N2O3. The second-order valence-electron chi connectivity index (χ2n) is 5.78. The number of methoxy groups -OCH3 is 2. The van der Waals surface area contributed by atoms with Crippen LogP contribution >= 0.6 is 0 Å². The predicted molar refractivity (Wildman–Crippen MR) is 101 cm³/mol. The first-order valence-corrected chi connectivity index (χ1v) is 8.38. The fraction of sp³-hybridized carbons (Fsp3) is 0.350. The van der Waals surface area contributed by atoms with Gasteiger partial charge in [0.2, 0.25) is 5.91 Å². The number of carbonyl (C=O) groups is 1. The van der Waals surface area contributed by atoms with Gasteiger partial charge in [0.05, 0.1) is 14.2 Å². The third-order valence-corrected chi connectivity index (χ3v) is 4.08. The van der Waals surface area contributed by atoms with Crippen molar-refractivity contribution in [3.05, 3.63) is 54.1 Å². The first kappa shape index (κ1) is 18.6. The van der Waals surface area contributed by atoms with Crippen LogP contribution < -0.4 is 19.7 Å². The van der Waals surface area contributed by atoms with Crippen molar-refractivity contribution in [3.8, 4) is 11.5 Å². The van der Waals surface area contributed by atoms with E-state index in [1.807, 2.05) is 43.4 Å². The Morgan fingerprint density at radius 1 is 1.08 bits per heavy atom. The first-order chi connectivity index (χ1) is 12.1. The number of amides is 1. The molecule has 0 saturated heterocycles. The minimum absolute atomic E-state index is 0.0336. The summed E-state index contributed by atoms with van der Waals surface area (Å²) in [6.45, 7) is 1.37. The van der Waals surface area contributed by atoms with E-state index in [0.29, 0.717) is 19.4 Å². The number of hydrogen-bond donors (Lipinski definition) is 1. The molecule has 25 heavy (non-hydrogen) atoms. The van der Waals surface area contributed by atoms with Crippen LogP contribution in [0.1, 0.15) is 12.0 Å². The number of hydrogen-bond acceptors (Lipinski definition) is 4. The molecule has 0 spiro atoms. The lowest BCUT2D eigenvalue weighted by molar-refractivity contribution is -0.120. The van der Waals surface area contributed by atoms with Crippen molar-refractivity contribution in [2.45, 2.75) is 12.8 Å². The fourth-order valence-corrected chi connectivity index (χ4v) is 2.59. The maximum Gasteiger partial charge on any atom is 0.220 e. The van der Waals surface area contributed by atoms with Crippen molar-refractivity contribution >= 4 is 11.6 Å². The van der Waals surface area contributed by atoms with Crippen molar-refractivity contribution in [1.29, 1.82) is 0 Å². The van der Waals surface area contributed by atoms with Crippen LogP contribution in [0.15, 0.2) is 48.5 Å². The maximum absolute atomic E-state index is 12.1. The lowest BCUT2D eigenvalue weighted by atomic mass is 10.1. The average Bonchev–Trinajstić information content (AvgIpc) is 2.66. The molecule has 134 valence electrons. The van der Waals surface area contributed by atoms with E-state index >= 15 is 0 Å². The molecule has 0 atom stereocenters. The minimum Gasteiger partial charge on any atom is -0.497 e. The van der Waals surface area contributed by atoms with E-state index in [1.54, 1.807) is 14.2 Å². The molecule has 2 aromatic carbocycles. The van der Waals surface area contributed by atoms with Crippen LogP contribution in [0.25, 0.3) is 0 Å². The quantitative estimate of drug-likeness (QED) is 0.761. The highest BCUT2D eigenvalue weighted by Crippen LogP contribution is 2.25. The van der Waals surface area contributed by atoms with Gasteiger partial charge in [-0.2, -0.15) is 0 Å². The zero-order valence-corrected chi connectivity index (χ0v) is 15.1. The number of aryl methyl sites for hydroxylation is 1. The van der Waals surface area contributed by atoms with Crippen LogP contribution in [0.3, 0.4) is 0 Å². The highest BCUT2D eigenvalue weighted by molar-refractivity contribution is 5.76. The summed E-state index contributed by atoms with van der Waals surface area (Å²) in [6.07, 6.45) is 1.03. The largest absolute Gasteiger partial charge is 0.497 e. The Balaban J connectivity index is 1.77. The molecule has 2 rings (SSSR count). The first-order valence-electron chi connectivity index (χ1n) is 8.38. The predicted octanol–water partition coefficient (Wildman–Crippen LogP) is 2.89. The maximum atomic E-state index is 12.1. The van der Waals surface area contributed by atoms with Crippen molar-refractivity contribution in [3.63, 3.8) is 0 Å². The molecule has 1 N–H and O–H groups in total. The average molecular weight is 342 g/mol. The molecule has 0 fully saturated rings. The Morgan fingerprint density at radius 3 is 2.52 bits per heavy atom. The van der Waals surface area contributed by atoms with Crippen molar-refractivity contribution < 1.29 is 14.3 Å². The molecule has 0 unspecified atom stereocenters. The lowest BCUT2D eigenvalue weighted by Crippen LogP contribution is -2.33. The monoisotopic (exact) mass is 342 g/mol. The Morgan fingerprint density at radius 2 is 1.84 bits per heavy atom. The van der Waals surface area contributed by atoms with Crippen molar-refractivity contribution in [2.75, 3.05) is 39.3 Å². The van der Waals surface area contributed by atoms with Gasteiger partial charge in [0.1, 0.15) is 11.5 Å². The Labute approximate surface area is 149 Å². The smallest absolute Gasteiger partial charge is 0.220 e. The summed E-state index contributed by atoms with van der Waals surface area (Å²) >= 11 is 0. The van der Waals surface area contributed by atoms with Gasteiger partial charge in [0.15, 0.2) is 0 Å². The van der Waals surface area contributed by atoms with Crippen LogP contribution in [0.2, 0.25) is 0 Å². The van der Waals surface area contributed by atoms with E-state index in [2.05, 4.69) is 22.3 Å². The topological polar surface area (TPSA) is 50.8 Å². The van der Waals surface area contributed by atoms with E-state index in [4.69, 9.17) is 9.47 Å². The molecule has 0 saturated carbocycles. The number of nitrogens with one attached hydrogen (secondary N) is 1. The molecule has 5 nitrogen and oxygen atoms in total. The highest BCUT2D eigenvalue weighted by Gasteiger charge is 2.08. The van der Waals surface area contributed by atoms with E-state index in [9.17, 15) is 4.79 Å². The Hall–Kier alpha value is -2.69. The summed E-state index contributed by atoms with van der Waals surface area (Å²) in [7, 11) is 5.27. The molecule has 2 aromatic rings. The summed E-state index contributed by atoms with van der Waals surface area (Å²) in [5.41, 5.74) is 2.11. The summed E-state index contributed by atoms with van der Waals surface area (Å²) in [5, 5.41) is 2.97. The highest BCUT2D eigenvalue weighted by atomic mass is 16.5. The normalized spacial score (nSPS) is 10.2. The van der Waals surface area contributed by atoms with Gasteiger partial charge in [0.25, 0.3) is 0 Å². The molecular weight excluding hydrogens is 316 g/mol. The third kappa shape index (κ3) is 5.71. The SMILES string of the molecule is COc1ccc(OC)c(CCC(=O)NCCN(C)c2ccccc2)c1. The van der Waals surface area contributed by atoms with Gasteiger partial charge < -0.3 is 19.7 Å². The molecule has 0 aliphatic heterocycles. The van der Waals surface area contributed by atoms with Crippen molar-refractivity contribution in [1.82, 2.24) is 5.32 Å². The number of ether oxygens (including phenoxy) is 2. The summed E-state index contributed by atoms with van der Waals surface area (Å²) in [6, 6.07) is 15.7. The molecule has 0 heterocycles. The third-order valence-electron chi connectivity index (χ3n) is 4.08. The second kappa shape index (κ2) is 9.57. The molecule has 0 radical (unpaired) electrons. The molecule has 0 aliphatic carbocycles. The van der Waals surface area contributed by atoms with Gasteiger partial charge in [-0.1, -0.05) is 18.2 Å². The standard InChI is InChI=1S/C20H26N2O3/c1-22(17-7-5-4-6-8-17)14-13-21-20(23)12-9-16-15-18(24-2)10-11-19(16)25-3/h4-8,10-11,15H,9,12-14H2,1-3H3,(H,21,23). The van der Waals surface area contributed by atoms with Gasteiger partial charge >= 0.3 is 0 Å². The summed E-state index contributed by atoms with van der Waals surface area (Å²) < 4.78 is 10.6. The van der Waals surface area contributed by atoms with Gasteiger partial charge in [0, 0.05) is 32.2 Å². The number of carbonyl (C=O) groups excluding carboxylic acids is 1. The number of anilines is 1. The Bertz CT molecular complexity index is 674. The zero-order chi connectivity index (χ0) is 18.1. The molecule has 1 amide bonds. The van der Waals surface area contributed by atoms with Gasteiger partial charge in [-0.15, -0.1) is 0 Å². The molecule has 5 heteroatoms. The number of rotatable bonds is 9. The van der Waals surface area contributed by atoms with Crippen LogP contribution in [-0.4, -0.2) is 40.3 Å². The van der Waals surface area contributed by atoms with Gasteiger partial charge in [-0.05, 0) is 42.3 Å². The van der Waals surface area contributed by atoms with E-state index in [-0.39, 0.29) is 5.91 Å². The summed E-state index contributed by atoms with van der Waals surface area (Å²) in [4.78, 5) is 14.2. The fourth-order valence-electron chi connectivity index (χ4n) is 2.59. The van der Waals surface area contributed by atoms with Crippen LogP contribution in [-0.2, 0) is 11.2 Å². The molecule has 0 aromatic heterocycles. The van der Waals surface area contributed by atoms with E-state index in [0.717, 1.165) is 29.3 Å². The van der Waals surface area contributed by atoms with Crippen LogP contribution in [0, 0.1) is 0 Å². The molecule has 0 bridgehead atoms. The Kier molecular flexibility index (Phi) is 7.14. The van der Waals surface area contributed by atoms with Crippen LogP contribution in [0.5, 0.6) is 11.5 Å². The number of nitrogens with zero attached hydrogens (tertiary/aromatic N) is 1. The van der Waals surface area contributed by atoms with E-state index < -0.39 is 0 Å². The molecule has 0 aliphatic rings. The summed E-state index contributed by atoms with van der Waals surface area (Å²) in [5.74, 6) is 1.57.